The number of hydrogen-bond donors (Lipinski definition) is 2. The monoisotopic (exact) mass is 293 g/mol. The fourth-order valence-electron chi connectivity index (χ4n) is 2.65. The highest BCUT2D eigenvalue weighted by Gasteiger charge is 2.21. The zero-order chi connectivity index (χ0) is 15.2. The lowest BCUT2D eigenvalue weighted by atomic mass is 10.2. The van der Waals surface area contributed by atoms with Crippen LogP contribution in [0.3, 0.4) is 0 Å². The summed E-state index contributed by atoms with van der Waals surface area (Å²) < 4.78 is 0. The first-order valence-electron chi connectivity index (χ1n) is 7.58. The summed E-state index contributed by atoms with van der Waals surface area (Å²) in [5.41, 5.74) is 3.77. The van der Waals surface area contributed by atoms with Crippen LogP contribution in [0.1, 0.15) is 12.5 Å². The first-order valence-corrected chi connectivity index (χ1v) is 7.58. The lowest BCUT2D eigenvalue weighted by Gasteiger charge is -2.36. The van der Waals surface area contributed by atoms with Crippen LogP contribution < -0.4 is 16.2 Å². The van der Waals surface area contributed by atoms with Gasteiger partial charge in [-0.1, -0.05) is 6.92 Å². The van der Waals surface area contributed by atoms with Gasteiger partial charge < -0.3 is 15.2 Å². The predicted octanol–water partition coefficient (Wildman–Crippen LogP) is 0.00820. The molecule has 0 amide bonds. The third-order valence-corrected chi connectivity index (χ3v) is 3.95. The molecule has 0 spiro atoms. The number of aromatic nitrogens is 2. The van der Waals surface area contributed by atoms with Crippen LogP contribution >= 0.6 is 0 Å². The van der Waals surface area contributed by atoms with Gasteiger partial charge in [0.2, 0.25) is 0 Å². The van der Waals surface area contributed by atoms with Gasteiger partial charge in [0.15, 0.2) is 0 Å². The minimum atomic E-state index is 0.734. The number of hydrogen-bond acceptors (Lipinski definition) is 7. The van der Waals surface area contributed by atoms with E-state index in [1.807, 2.05) is 0 Å². The Kier molecular flexibility index (Phi) is 5.72. The Morgan fingerprint density at radius 1 is 1.24 bits per heavy atom. The molecule has 7 heteroatoms. The van der Waals surface area contributed by atoms with E-state index in [1.54, 1.807) is 6.33 Å². The molecule has 1 fully saturated rings. The van der Waals surface area contributed by atoms with E-state index in [0.29, 0.717) is 0 Å². The highest BCUT2D eigenvalue weighted by atomic mass is 15.3. The molecule has 0 atom stereocenters. The Balaban J connectivity index is 1.99. The summed E-state index contributed by atoms with van der Waals surface area (Å²) >= 11 is 0. The number of nitrogens with zero attached hydrogens (tertiary/aromatic N) is 5. The van der Waals surface area contributed by atoms with Crippen molar-refractivity contribution in [2.24, 2.45) is 5.84 Å². The molecule has 0 aliphatic carbocycles. The maximum Gasteiger partial charge on any atom is 0.148 e. The van der Waals surface area contributed by atoms with Crippen molar-refractivity contribution in [3.8, 4) is 0 Å². The third-order valence-electron chi connectivity index (χ3n) is 3.95. The SMILES string of the molecule is CCc1c(NN)ncnc1N1CCN(CCN(C)C)CC1. The zero-order valence-electron chi connectivity index (χ0n) is 13.3. The van der Waals surface area contributed by atoms with Crippen molar-refractivity contribution in [3.63, 3.8) is 0 Å². The molecule has 1 saturated heterocycles. The lowest BCUT2D eigenvalue weighted by Crippen LogP contribution is -2.48. The van der Waals surface area contributed by atoms with Crippen LogP contribution in [0.2, 0.25) is 0 Å². The number of rotatable bonds is 6. The van der Waals surface area contributed by atoms with E-state index in [1.165, 1.54) is 0 Å². The van der Waals surface area contributed by atoms with Crippen LogP contribution in [-0.4, -0.2) is 73.1 Å². The number of nitrogens with two attached hydrogens (primary N) is 1. The van der Waals surface area contributed by atoms with Gasteiger partial charge in [0, 0.05) is 44.8 Å². The number of nitrogens with one attached hydrogen (secondary N) is 1. The molecule has 3 N–H and O–H groups in total. The van der Waals surface area contributed by atoms with Crippen LogP contribution in [0.5, 0.6) is 0 Å². The number of nitrogen functional groups attached to an aromatic ring is 1. The van der Waals surface area contributed by atoms with Crippen LogP contribution in [-0.2, 0) is 6.42 Å². The molecule has 1 aromatic heterocycles. The van der Waals surface area contributed by atoms with Crippen molar-refractivity contribution in [2.75, 3.05) is 63.7 Å². The van der Waals surface area contributed by atoms with Crippen molar-refractivity contribution in [1.29, 1.82) is 0 Å². The van der Waals surface area contributed by atoms with Crippen molar-refractivity contribution in [3.05, 3.63) is 11.9 Å². The minimum Gasteiger partial charge on any atom is -0.354 e. The van der Waals surface area contributed by atoms with E-state index in [4.69, 9.17) is 5.84 Å². The topological polar surface area (TPSA) is 73.5 Å². The molecule has 1 aliphatic rings. The molecule has 0 aromatic carbocycles. The molecule has 21 heavy (non-hydrogen) atoms. The summed E-state index contributed by atoms with van der Waals surface area (Å²) in [6, 6.07) is 0. The van der Waals surface area contributed by atoms with E-state index in [0.717, 1.165) is 62.9 Å². The second-order valence-electron chi connectivity index (χ2n) is 5.65. The Bertz CT molecular complexity index is 441. The highest BCUT2D eigenvalue weighted by molar-refractivity contribution is 5.58. The van der Waals surface area contributed by atoms with E-state index in [9.17, 15) is 0 Å². The fraction of sp³-hybridized carbons (Fsp3) is 0.714. The number of hydrazine groups is 1. The van der Waals surface area contributed by atoms with Crippen LogP contribution in [0, 0.1) is 0 Å². The second-order valence-corrected chi connectivity index (χ2v) is 5.65. The molecule has 0 unspecified atom stereocenters. The summed E-state index contributed by atoms with van der Waals surface area (Å²) in [7, 11) is 4.23. The van der Waals surface area contributed by atoms with Gasteiger partial charge in [0.05, 0.1) is 0 Å². The molecular weight excluding hydrogens is 266 g/mol. The van der Waals surface area contributed by atoms with Gasteiger partial charge in [-0.05, 0) is 20.5 Å². The average Bonchev–Trinajstić information content (AvgIpc) is 2.52. The summed E-state index contributed by atoms with van der Waals surface area (Å²) in [5.74, 6) is 7.30. The van der Waals surface area contributed by atoms with Gasteiger partial charge >= 0.3 is 0 Å². The summed E-state index contributed by atoms with van der Waals surface area (Å²) in [4.78, 5) is 15.7. The zero-order valence-corrected chi connectivity index (χ0v) is 13.3. The molecular formula is C14H27N7. The first kappa shape index (κ1) is 15.9. The Hall–Kier alpha value is -1.44. The van der Waals surface area contributed by atoms with Crippen molar-refractivity contribution in [2.45, 2.75) is 13.3 Å². The van der Waals surface area contributed by atoms with Crippen molar-refractivity contribution >= 4 is 11.6 Å². The van der Waals surface area contributed by atoms with Crippen LogP contribution in [0.4, 0.5) is 11.6 Å². The normalized spacial score (nSPS) is 16.5. The van der Waals surface area contributed by atoms with Gasteiger partial charge in [-0.3, -0.25) is 4.90 Å². The highest BCUT2D eigenvalue weighted by Crippen LogP contribution is 2.24. The van der Waals surface area contributed by atoms with E-state index in [-0.39, 0.29) is 0 Å². The molecule has 0 saturated carbocycles. The number of anilines is 2. The number of piperazine rings is 1. The smallest absolute Gasteiger partial charge is 0.148 e. The minimum absolute atomic E-state index is 0.734. The van der Waals surface area contributed by atoms with E-state index >= 15 is 0 Å². The molecule has 1 aromatic rings. The Morgan fingerprint density at radius 3 is 2.52 bits per heavy atom. The predicted molar refractivity (Wildman–Crippen MR) is 86.4 cm³/mol. The first-order chi connectivity index (χ1) is 10.2. The van der Waals surface area contributed by atoms with Gasteiger partial charge in [-0.25, -0.2) is 15.8 Å². The maximum absolute atomic E-state index is 5.54. The van der Waals surface area contributed by atoms with Gasteiger partial charge in [0.1, 0.15) is 18.0 Å². The maximum atomic E-state index is 5.54. The van der Waals surface area contributed by atoms with Gasteiger partial charge in [-0.15, -0.1) is 0 Å². The van der Waals surface area contributed by atoms with E-state index < -0.39 is 0 Å². The Labute approximate surface area is 127 Å². The molecule has 2 rings (SSSR count). The third kappa shape index (κ3) is 4.03. The Morgan fingerprint density at radius 2 is 1.95 bits per heavy atom. The summed E-state index contributed by atoms with van der Waals surface area (Å²) in [6.07, 6.45) is 2.46. The molecule has 2 heterocycles. The van der Waals surface area contributed by atoms with Crippen molar-refractivity contribution in [1.82, 2.24) is 19.8 Å². The summed E-state index contributed by atoms with van der Waals surface area (Å²) in [6.45, 7) is 8.49. The second kappa shape index (κ2) is 7.53. The largest absolute Gasteiger partial charge is 0.354 e. The van der Waals surface area contributed by atoms with Gasteiger partial charge in [0.25, 0.3) is 0 Å². The van der Waals surface area contributed by atoms with E-state index in [2.05, 4.69) is 51.1 Å². The lowest BCUT2D eigenvalue weighted by molar-refractivity contribution is 0.229. The quantitative estimate of drug-likeness (QED) is 0.565. The van der Waals surface area contributed by atoms with Crippen LogP contribution in [0.15, 0.2) is 6.33 Å². The molecule has 1 aliphatic heterocycles. The molecule has 0 radical (unpaired) electrons. The average molecular weight is 293 g/mol. The molecule has 0 bridgehead atoms. The van der Waals surface area contributed by atoms with Crippen LogP contribution in [0.25, 0.3) is 0 Å². The summed E-state index contributed by atoms with van der Waals surface area (Å²) in [5, 5.41) is 0. The fourth-order valence-corrected chi connectivity index (χ4v) is 2.65. The molecule has 118 valence electrons. The number of likely N-dealkylation sites (N-methyl/N-ethyl adjacent to an activating group) is 1. The molecule has 7 nitrogen and oxygen atoms in total. The standard InChI is InChI=1S/C14H27N7/c1-4-12-13(18-15)16-11-17-14(12)21-9-7-20(8-10-21)6-5-19(2)3/h11H,4-10,15H2,1-3H3,(H,16,17,18). The van der Waals surface area contributed by atoms with Gasteiger partial charge in [-0.2, -0.15) is 0 Å². The van der Waals surface area contributed by atoms with Crippen molar-refractivity contribution < 1.29 is 0 Å².